The highest BCUT2D eigenvalue weighted by Gasteiger charge is 2.71. The van der Waals surface area contributed by atoms with E-state index in [2.05, 4.69) is 0 Å². The van der Waals surface area contributed by atoms with E-state index in [1.165, 1.54) is 0 Å². The van der Waals surface area contributed by atoms with E-state index >= 15 is 0 Å². The van der Waals surface area contributed by atoms with Crippen LogP contribution in [-0.2, 0) is 4.75 Å². The van der Waals surface area contributed by atoms with Gasteiger partial charge in [-0.25, -0.2) is 0 Å². The molecule has 1 aliphatic heterocycles. The monoisotopic (exact) mass is 288 g/mol. The summed E-state index contributed by atoms with van der Waals surface area (Å²) >= 11 is 20.4. The van der Waals surface area contributed by atoms with E-state index < -0.39 is 4.21 Å². The number of benzene rings is 1. The molecule has 1 heterocycles. The molecule has 2 unspecified atom stereocenters. The highest BCUT2D eigenvalue weighted by Crippen LogP contribution is 2.78. The molecule has 16 heavy (non-hydrogen) atoms. The summed E-state index contributed by atoms with van der Waals surface area (Å²) in [6, 6.07) is 10.0. The molecule has 1 aliphatic carbocycles. The molecular weight excluding hydrogens is 283 g/mol. The molecule has 1 aromatic carbocycles. The smallest absolute Gasteiger partial charge is 0.112 e. The fraction of sp³-hybridized carbons (Fsp3) is 0.167. The fourth-order valence-corrected chi connectivity index (χ4v) is 5.05. The first-order chi connectivity index (χ1) is 7.58. The summed E-state index contributed by atoms with van der Waals surface area (Å²) in [7, 11) is 0. The average Bonchev–Trinajstić information content (AvgIpc) is 2.87. The largest absolute Gasteiger partial charge is 0.135 e. The van der Waals surface area contributed by atoms with Crippen molar-refractivity contribution in [2.75, 3.05) is 0 Å². The van der Waals surface area contributed by atoms with Crippen LogP contribution in [0.25, 0.3) is 0 Å². The van der Waals surface area contributed by atoms with Gasteiger partial charge in [0.1, 0.15) is 8.95 Å². The molecule has 0 spiro atoms. The summed E-state index contributed by atoms with van der Waals surface area (Å²) in [4.78, 5) is 0. The van der Waals surface area contributed by atoms with Crippen molar-refractivity contribution in [2.24, 2.45) is 0 Å². The maximum Gasteiger partial charge on any atom is 0.135 e. The van der Waals surface area contributed by atoms with Gasteiger partial charge in [0.05, 0.1) is 0 Å². The van der Waals surface area contributed by atoms with Crippen molar-refractivity contribution in [3.8, 4) is 0 Å². The molecule has 1 aromatic rings. The second-order valence-corrected chi connectivity index (χ2v) is 6.94. The molecule has 0 saturated carbocycles. The molecular formula is C12H7Cl3S. The molecule has 0 nitrogen and oxygen atoms in total. The van der Waals surface area contributed by atoms with E-state index in [0.717, 1.165) is 5.56 Å². The van der Waals surface area contributed by atoms with Crippen molar-refractivity contribution >= 4 is 46.6 Å². The van der Waals surface area contributed by atoms with E-state index in [9.17, 15) is 0 Å². The Bertz CT molecular complexity index is 508. The van der Waals surface area contributed by atoms with Crippen molar-refractivity contribution in [3.63, 3.8) is 0 Å². The molecule has 4 heteroatoms. The Balaban J connectivity index is 2.14. The molecule has 2 aliphatic rings. The summed E-state index contributed by atoms with van der Waals surface area (Å²) in [5, 5.41) is 1.31. The highest BCUT2D eigenvalue weighted by atomic mass is 35.5. The third-order valence-electron chi connectivity index (χ3n) is 2.84. The van der Waals surface area contributed by atoms with Crippen LogP contribution in [0.3, 0.4) is 0 Å². The van der Waals surface area contributed by atoms with E-state index in [1.54, 1.807) is 17.8 Å². The minimum atomic E-state index is -0.517. The molecule has 2 atom stereocenters. The van der Waals surface area contributed by atoms with Crippen LogP contribution in [0.1, 0.15) is 5.56 Å². The van der Waals surface area contributed by atoms with Crippen LogP contribution < -0.4 is 0 Å². The van der Waals surface area contributed by atoms with Gasteiger partial charge < -0.3 is 0 Å². The first kappa shape index (κ1) is 11.0. The van der Waals surface area contributed by atoms with E-state index in [-0.39, 0.29) is 4.75 Å². The fourth-order valence-electron chi connectivity index (χ4n) is 2.05. The van der Waals surface area contributed by atoms with Gasteiger partial charge in [0.25, 0.3) is 0 Å². The first-order valence-corrected chi connectivity index (χ1v) is 6.74. The van der Waals surface area contributed by atoms with Crippen molar-refractivity contribution < 1.29 is 0 Å². The SMILES string of the molecule is ClC1=CC2(Cl)SC2(c2ccccc2)C(Cl)=C1. The maximum atomic E-state index is 6.50. The van der Waals surface area contributed by atoms with Crippen LogP contribution in [0.4, 0.5) is 0 Å². The lowest BCUT2D eigenvalue weighted by Crippen LogP contribution is -2.20. The summed E-state index contributed by atoms with van der Waals surface area (Å²) in [6.07, 6.45) is 3.64. The molecule has 1 saturated heterocycles. The highest BCUT2D eigenvalue weighted by molar-refractivity contribution is 8.11. The van der Waals surface area contributed by atoms with Crippen molar-refractivity contribution in [1.29, 1.82) is 0 Å². The lowest BCUT2D eigenvalue weighted by Gasteiger charge is -2.20. The zero-order chi connectivity index (χ0) is 11.4. The third-order valence-corrected chi connectivity index (χ3v) is 5.90. The molecule has 82 valence electrons. The first-order valence-electron chi connectivity index (χ1n) is 4.79. The minimum absolute atomic E-state index is 0.338. The quantitative estimate of drug-likeness (QED) is 0.527. The van der Waals surface area contributed by atoms with Gasteiger partial charge in [-0.2, -0.15) is 0 Å². The van der Waals surface area contributed by atoms with Crippen LogP contribution >= 0.6 is 46.6 Å². The molecule has 0 N–H and O–H groups in total. The second kappa shape index (κ2) is 3.46. The number of hydrogen-bond acceptors (Lipinski definition) is 1. The van der Waals surface area contributed by atoms with Crippen LogP contribution in [0.2, 0.25) is 0 Å². The number of fused-ring (bicyclic) bond motifs is 1. The predicted molar refractivity (Wildman–Crippen MR) is 72.2 cm³/mol. The van der Waals surface area contributed by atoms with E-state index in [1.807, 2.05) is 36.4 Å². The van der Waals surface area contributed by atoms with Gasteiger partial charge in [0.15, 0.2) is 0 Å². The Labute approximate surface area is 113 Å². The molecule has 0 radical (unpaired) electrons. The van der Waals surface area contributed by atoms with Gasteiger partial charge in [-0.15, -0.1) is 23.4 Å². The maximum absolute atomic E-state index is 6.50. The van der Waals surface area contributed by atoms with Gasteiger partial charge in [-0.3, -0.25) is 0 Å². The molecule has 1 fully saturated rings. The Morgan fingerprint density at radius 1 is 1.06 bits per heavy atom. The van der Waals surface area contributed by atoms with Crippen LogP contribution in [0.15, 0.2) is 52.5 Å². The number of halogens is 3. The second-order valence-electron chi connectivity index (χ2n) is 3.82. The van der Waals surface area contributed by atoms with Crippen LogP contribution in [0.5, 0.6) is 0 Å². The van der Waals surface area contributed by atoms with Crippen molar-refractivity contribution in [2.45, 2.75) is 8.95 Å². The number of allylic oxidation sites excluding steroid dienone is 2. The van der Waals surface area contributed by atoms with Gasteiger partial charge in [0.2, 0.25) is 0 Å². The molecule has 3 rings (SSSR count). The van der Waals surface area contributed by atoms with Gasteiger partial charge in [0, 0.05) is 10.1 Å². The van der Waals surface area contributed by atoms with Gasteiger partial charge >= 0.3 is 0 Å². The lowest BCUT2D eigenvalue weighted by molar-refractivity contribution is 0.837. The van der Waals surface area contributed by atoms with Gasteiger partial charge in [-0.1, -0.05) is 53.5 Å². The molecule has 0 amide bonds. The van der Waals surface area contributed by atoms with E-state index in [4.69, 9.17) is 34.8 Å². The number of hydrogen-bond donors (Lipinski definition) is 0. The Hall–Kier alpha value is -0.0800. The number of alkyl halides is 1. The topological polar surface area (TPSA) is 0 Å². The van der Waals surface area contributed by atoms with E-state index in [0.29, 0.717) is 10.1 Å². The van der Waals surface area contributed by atoms with Crippen molar-refractivity contribution in [1.82, 2.24) is 0 Å². The molecule has 0 bridgehead atoms. The van der Waals surface area contributed by atoms with Crippen molar-refractivity contribution in [3.05, 3.63) is 58.1 Å². The summed E-state index contributed by atoms with van der Waals surface area (Å²) < 4.78 is -0.854. The number of thioether (sulfide) groups is 1. The summed E-state index contributed by atoms with van der Waals surface area (Å²) in [5.74, 6) is 0. The Kier molecular flexibility index (Phi) is 2.38. The third kappa shape index (κ3) is 1.32. The Morgan fingerprint density at radius 2 is 1.75 bits per heavy atom. The summed E-state index contributed by atoms with van der Waals surface area (Å²) in [6.45, 7) is 0. The van der Waals surface area contributed by atoms with Gasteiger partial charge in [-0.05, 0) is 17.7 Å². The Morgan fingerprint density at radius 3 is 2.38 bits per heavy atom. The normalized spacial score (nSPS) is 36.2. The van der Waals surface area contributed by atoms with Crippen LogP contribution in [-0.4, -0.2) is 4.21 Å². The summed E-state index contributed by atoms with van der Waals surface area (Å²) in [5.41, 5.74) is 1.12. The zero-order valence-electron chi connectivity index (χ0n) is 8.08. The minimum Gasteiger partial charge on any atom is -0.112 e. The molecule has 0 aromatic heterocycles. The lowest BCUT2D eigenvalue weighted by atomic mass is 9.92. The van der Waals surface area contributed by atoms with Crippen LogP contribution in [0, 0.1) is 0 Å². The zero-order valence-corrected chi connectivity index (χ0v) is 11.2. The average molecular weight is 290 g/mol. The predicted octanol–water partition coefficient (Wildman–Crippen LogP) is 4.82. The standard InChI is InChI=1S/C12H7Cl3S/c13-9-6-10(14)12(11(15,7-9)16-12)8-4-2-1-3-5-8/h1-7H. The number of rotatable bonds is 1.